The van der Waals surface area contributed by atoms with E-state index in [0.717, 1.165) is 37.0 Å². The number of allylic oxidation sites excluding steroid dienone is 1. The molecule has 0 aromatic heterocycles. The Morgan fingerprint density at radius 1 is 1.37 bits per heavy atom. The van der Waals surface area contributed by atoms with Gasteiger partial charge in [-0.05, 0) is 37.3 Å². The fourth-order valence-corrected chi connectivity index (χ4v) is 2.12. The second-order valence-corrected chi connectivity index (χ2v) is 4.81. The lowest BCUT2D eigenvalue weighted by Gasteiger charge is -2.21. The number of rotatable bonds is 4. The molecule has 1 heterocycles. The maximum absolute atomic E-state index is 11.7. The molecule has 1 saturated heterocycles. The number of benzene rings is 1. The van der Waals surface area contributed by atoms with Gasteiger partial charge in [0.1, 0.15) is 6.61 Å². The summed E-state index contributed by atoms with van der Waals surface area (Å²) in [6.07, 6.45) is 4.86. The molecule has 1 aromatic carbocycles. The van der Waals surface area contributed by atoms with Crippen LogP contribution in [0.1, 0.15) is 31.7 Å². The smallest absolute Gasteiger partial charge is 0.331 e. The number of carbonyl (C=O) groups is 1. The van der Waals surface area contributed by atoms with Gasteiger partial charge in [0, 0.05) is 12.7 Å². The second-order valence-electron chi connectivity index (χ2n) is 4.81. The highest BCUT2D eigenvalue weighted by Crippen LogP contribution is 2.14. The Bertz CT molecular complexity index is 431. The SMILES string of the molecule is C/C(=C\C(=O)OCC1CCCCO1)c1ccccc1. The highest BCUT2D eigenvalue weighted by atomic mass is 16.6. The molecule has 3 heteroatoms. The summed E-state index contributed by atoms with van der Waals surface area (Å²) in [6.45, 7) is 3.05. The first-order valence-corrected chi connectivity index (χ1v) is 6.78. The zero-order valence-corrected chi connectivity index (χ0v) is 11.3. The summed E-state index contributed by atoms with van der Waals surface area (Å²) in [7, 11) is 0. The molecule has 1 fully saturated rings. The third-order valence-electron chi connectivity index (χ3n) is 3.25. The third kappa shape index (κ3) is 4.52. The number of hydrogen-bond donors (Lipinski definition) is 0. The Hall–Kier alpha value is -1.61. The van der Waals surface area contributed by atoms with Gasteiger partial charge in [0.15, 0.2) is 0 Å². The zero-order valence-electron chi connectivity index (χ0n) is 11.3. The second kappa shape index (κ2) is 7.10. The van der Waals surface area contributed by atoms with Gasteiger partial charge < -0.3 is 9.47 Å². The molecule has 1 unspecified atom stereocenters. The van der Waals surface area contributed by atoms with E-state index in [4.69, 9.17) is 9.47 Å². The van der Waals surface area contributed by atoms with Crippen LogP contribution in [-0.4, -0.2) is 25.3 Å². The van der Waals surface area contributed by atoms with Gasteiger partial charge >= 0.3 is 5.97 Å². The molecule has 0 amide bonds. The van der Waals surface area contributed by atoms with Crippen molar-refractivity contribution in [2.45, 2.75) is 32.3 Å². The largest absolute Gasteiger partial charge is 0.460 e. The van der Waals surface area contributed by atoms with Gasteiger partial charge in [-0.25, -0.2) is 4.79 Å². The molecule has 0 bridgehead atoms. The van der Waals surface area contributed by atoms with Crippen LogP contribution in [0.25, 0.3) is 5.57 Å². The summed E-state index contributed by atoms with van der Waals surface area (Å²) in [5.41, 5.74) is 1.95. The van der Waals surface area contributed by atoms with Crippen molar-refractivity contribution in [2.75, 3.05) is 13.2 Å². The molecule has 1 aromatic rings. The molecule has 0 saturated carbocycles. The Balaban J connectivity index is 1.83. The maximum Gasteiger partial charge on any atom is 0.331 e. The Morgan fingerprint density at radius 2 is 2.16 bits per heavy atom. The minimum absolute atomic E-state index is 0.0723. The minimum atomic E-state index is -0.296. The van der Waals surface area contributed by atoms with Crippen molar-refractivity contribution in [3.63, 3.8) is 0 Å². The number of hydrogen-bond acceptors (Lipinski definition) is 3. The van der Waals surface area contributed by atoms with Crippen molar-refractivity contribution >= 4 is 11.5 Å². The van der Waals surface area contributed by atoms with Gasteiger partial charge in [0.05, 0.1) is 6.10 Å². The van der Waals surface area contributed by atoms with Crippen LogP contribution in [0, 0.1) is 0 Å². The van der Waals surface area contributed by atoms with E-state index in [9.17, 15) is 4.79 Å². The highest BCUT2D eigenvalue weighted by molar-refractivity contribution is 5.90. The van der Waals surface area contributed by atoms with Crippen LogP contribution < -0.4 is 0 Å². The number of esters is 1. The molecule has 3 nitrogen and oxygen atoms in total. The molecule has 102 valence electrons. The molecule has 19 heavy (non-hydrogen) atoms. The first-order valence-electron chi connectivity index (χ1n) is 6.78. The van der Waals surface area contributed by atoms with Crippen LogP contribution in [-0.2, 0) is 14.3 Å². The van der Waals surface area contributed by atoms with E-state index in [1.165, 1.54) is 6.08 Å². The summed E-state index contributed by atoms with van der Waals surface area (Å²) >= 11 is 0. The van der Waals surface area contributed by atoms with Crippen molar-refractivity contribution < 1.29 is 14.3 Å². The summed E-state index contributed by atoms with van der Waals surface area (Å²) in [4.78, 5) is 11.7. The standard InChI is InChI=1S/C16H20O3/c1-13(14-7-3-2-4-8-14)11-16(17)19-12-15-9-5-6-10-18-15/h2-4,7-8,11,15H,5-6,9-10,12H2,1H3/b13-11+. The Kier molecular flexibility index (Phi) is 5.16. The average Bonchev–Trinajstić information content (AvgIpc) is 2.47. The first-order chi connectivity index (χ1) is 9.25. The molecule has 0 aliphatic carbocycles. The monoisotopic (exact) mass is 260 g/mol. The fraction of sp³-hybridized carbons (Fsp3) is 0.438. The van der Waals surface area contributed by atoms with E-state index < -0.39 is 0 Å². The van der Waals surface area contributed by atoms with Crippen molar-refractivity contribution in [3.05, 3.63) is 42.0 Å². The lowest BCUT2D eigenvalue weighted by atomic mass is 10.1. The van der Waals surface area contributed by atoms with E-state index in [1.54, 1.807) is 0 Å². The van der Waals surface area contributed by atoms with Gasteiger partial charge in [0.25, 0.3) is 0 Å². The molecule has 2 rings (SSSR count). The van der Waals surface area contributed by atoms with Crippen molar-refractivity contribution in [3.8, 4) is 0 Å². The van der Waals surface area contributed by atoms with Crippen LogP contribution in [0.5, 0.6) is 0 Å². The van der Waals surface area contributed by atoms with Crippen molar-refractivity contribution in [1.29, 1.82) is 0 Å². The zero-order chi connectivity index (χ0) is 13.5. The predicted octanol–water partition coefficient (Wildman–Crippen LogP) is 3.20. The van der Waals surface area contributed by atoms with Gasteiger partial charge in [0.2, 0.25) is 0 Å². The number of ether oxygens (including phenoxy) is 2. The van der Waals surface area contributed by atoms with Gasteiger partial charge in [-0.3, -0.25) is 0 Å². The molecule has 0 radical (unpaired) electrons. The summed E-state index contributed by atoms with van der Waals surface area (Å²) < 4.78 is 10.8. The van der Waals surface area contributed by atoms with E-state index in [1.807, 2.05) is 37.3 Å². The summed E-state index contributed by atoms with van der Waals surface area (Å²) in [5, 5.41) is 0. The van der Waals surface area contributed by atoms with Crippen LogP contribution in [0.3, 0.4) is 0 Å². The molecule has 1 atom stereocenters. The summed E-state index contributed by atoms with van der Waals surface area (Å²) in [6, 6.07) is 9.81. The number of carbonyl (C=O) groups excluding carboxylic acids is 1. The predicted molar refractivity (Wildman–Crippen MR) is 74.6 cm³/mol. The van der Waals surface area contributed by atoms with Gasteiger partial charge in [-0.15, -0.1) is 0 Å². The summed E-state index contributed by atoms with van der Waals surface area (Å²) in [5.74, 6) is -0.296. The quantitative estimate of drug-likeness (QED) is 0.616. The minimum Gasteiger partial charge on any atom is -0.460 e. The van der Waals surface area contributed by atoms with Crippen molar-refractivity contribution in [2.24, 2.45) is 0 Å². The topological polar surface area (TPSA) is 35.5 Å². The average molecular weight is 260 g/mol. The normalized spacial score (nSPS) is 20.1. The lowest BCUT2D eigenvalue weighted by Crippen LogP contribution is -2.25. The molecule has 0 spiro atoms. The fourth-order valence-electron chi connectivity index (χ4n) is 2.12. The lowest BCUT2D eigenvalue weighted by molar-refractivity contribution is -0.143. The van der Waals surface area contributed by atoms with E-state index in [0.29, 0.717) is 6.61 Å². The van der Waals surface area contributed by atoms with Crippen LogP contribution in [0.2, 0.25) is 0 Å². The van der Waals surface area contributed by atoms with Crippen LogP contribution in [0.15, 0.2) is 36.4 Å². The molecule has 0 N–H and O–H groups in total. The van der Waals surface area contributed by atoms with Crippen LogP contribution in [0.4, 0.5) is 0 Å². The maximum atomic E-state index is 11.7. The van der Waals surface area contributed by atoms with Crippen LogP contribution >= 0.6 is 0 Å². The molecule has 1 aliphatic heterocycles. The molecule has 1 aliphatic rings. The highest BCUT2D eigenvalue weighted by Gasteiger charge is 2.15. The Labute approximate surface area is 114 Å². The van der Waals surface area contributed by atoms with E-state index >= 15 is 0 Å². The Morgan fingerprint density at radius 3 is 2.84 bits per heavy atom. The third-order valence-corrected chi connectivity index (χ3v) is 3.25. The molecular weight excluding hydrogens is 240 g/mol. The van der Waals surface area contributed by atoms with Crippen molar-refractivity contribution in [1.82, 2.24) is 0 Å². The molecular formula is C16H20O3. The van der Waals surface area contributed by atoms with Gasteiger partial charge in [-0.1, -0.05) is 30.3 Å². The van der Waals surface area contributed by atoms with Gasteiger partial charge in [-0.2, -0.15) is 0 Å². The first kappa shape index (κ1) is 13.8. The van der Waals surface area contributed by atoms with E-state index in [-0.39, 0.29) is 12.1 Å². The van der Waals surface area contributed by atoms with E-state index in [2.05, 4.69) is 0 Å².